The van der Waals surface area contributed by atoms with E-state index in [0.717, 1.165) is 48.1 Å². The summed E-state index contributed by atoms with van der Waals surface area (Å²) in [7, 11) is 0. The summed E-state index contributed by atoms with van der Waals surface area (Å²) in [5.41, 5.74) is 3.95. The molecule has 1 aliphatic carbocycles. The topological polar surface area (TPSA) is 38.1 Å². The number of benzene rings is 1. The molecule has 1 fully saturated rings. The summed E-state index contributed by atoms with van der Waals surface area (Å²) < 4.78 is 1.90. The Kier molecular flexibility index (Phi) is 5.48. The van der Waals surface area contributed by atoms with Gasteiger partial charge in [0.25, 0.3) is 0 Å². The van der Waals surface area contributed by atoms with Gasteiger partial charge in [-0.3, -0.25) is 4.79 Å². The van der Waals surface area contributed by atoms with Gasteiger partial charge in [-0.2, -0.15) is 5.10 Å². The van der Waals surface area contributed by atoms with E-state index >= 15 is 0 Å². The molecular formula is C20H26ClN3O. The number of aryl methyl sites for hydroxylation is 1. The number of hydrogen-bond donors (Lipinski definition) is 0. The van der Waals surface area contributed by atoms with Crippen molar-refractivity contribution in [1.82, 2.24) is 14.7 Å². The van der Waals surface area contributed by atoms with E-state index in [4.69, 9.17) is 11.6 Å². The highest BCUT2D eigenvalue weighted by atomic mass is 35.5. The van der Waals surface area contributed by atoms with Crippen LogP contribution >= 0.6 is 11.6 Å². The largest absolute Gasteiger partial charge is 0.342 e. The fourth-order valence-corrected chi connectivity index (χ4v) is 3.35. The molecule has 1 saturated carbocycles. The molecule has 1 aromatic heterocycles. The molecule has 1 heterocycles. The highest BCUT2D eigenvalue weighted by Gasteiger charge is 2.27. The van der Waals surface area contributed by atoms with Crippen LogP contribution in [-0.2, 0) is 11.2 Å². The average molecular weight is 360 g/mol. The maximum Gasteiger partial charge on any atom is 0.227 e. The first-order chi connectivity index (χ1) is 12.0. The van der Waals surface area contributed by atoms with Gasteiger partial charge in [-0.15, -0.1) is 0 Å². The minimum Gasteiger partial charge on any atom is -0.342 e. The van der Waals surface area contributed by atoms with E-state index in [1.165, 1.54) is 12.8 Å². The number of carbonyl (C=O) groups excluding carboxylic acids is 1. The fraction of sp³-hybridized carbons (Fsp3) is 0.500. The van der Waals surface area contributed by atoms with Gasteiger partial charge in [0.2, 0.25) is 5.91 Å². The quantitative estimate of drug-likeness (QED) is 0.737. The SMILES string of the molecule is CCCN(CC1CC1)C(=O)Cc1c(C)nn(-c2ccc(Cl)cc2)c1C. The van der Waals surface area contributed by atoms with Crippen LogP contribution in [0, 0.1) is 19.8 Å². The van der Waals surface area contributed by atoms with Crippen LogP contribution in [0.15, 0.2) is 24.3 Å². The lowest BCUT2D eigenvalue weighted by Crippen LogP contribution is -2.35. The molecule has 5 heteroatoms. The minimum atomic E-state index is 0.218. The molecule has 3 rings (SSSR count). The molecule has 0 radical (unpaired) electrons. The van der Waals surface area contributed by atoms with Crippen LogP contribution < -0.4 is 0 Å². The van der Waals surface area contributed by atoms with Crippen molar-refractivity contribution >= 4 is 17.5 Å². The van der Waals surface area contributed by atoms with Crippen LogP contribution in [0.5, 0.6) is 0 Å². The Labute approximate surface area is 154 Å². The van der Waals surface area contributed by atoms with E-state index in [9.17, 15) is 4.79 Å². The van der Waals surface area contributed by atoms with Crippen molar-refractivity contribution in [2.45, 2.75) is 46.5 Å². The molecule has 4 nitrogen and oxygen atoms in total. The third-order valence-corrected chi connectivity index (χ3v) is 5.11. The molecular weight excluding hydrogens is 334 g/mol. The first-order valence-corrected chi connectivity index (χ1v) is 9.46. The smallest absolute Gasteiger partial charge is 0.227 e. The Morgan fingerprint density at radius 1 is 1.28 bits per heavy atom. The highest BCUT2D eigenvalue weighted by Crippen LogP contribution is 2.30. The molecule has 0 N–H and O–H groups in total. The lowest BCUT2D eigenvalue weighted by atomic mass is 10.1. The van der Waals surface area contributed by atoms with Crippen molar-refractivity contribution in [1.29, 1.82) is 0 Å². The summed E-state index contributed by atoms with van der Waals surface area (Å²) >= 11 is 5.98. The third kappa shape index (κ3) is 4.24. The lowest BCUT2D eigenvalue weighted by Gasteiger charge is -2.22. The van der Waals surface area contributed by atoms with E-state index < -0.39 is 0 Å². The molecule has 0 bridgehead atoms. The van der Waals surface area contributed by atoms with Gasteiger partial charge in [-0.25, -0.2) is 4.68 Å². The predicted octanol–water partition coefficient (Wildman–Crippen LogP) is 4.33. The number of nitrogens with zero attached hydrogens (tertiary/aromatic N) is 3. The predicted molar refractivity (Wildman–Crippen MR) is 101 cm³/mol. The van der Waals surface area contributed by atoms with Gasteiger partial charge in [0.15, 0.2) is 0 Å². The van der Waals surface area contributed by atoms with Gasteiger partial charge in [0, 0.05) is 29.4 Å². The van der Waals surface area contributed by atoms with Crippen molar-refractivity contribution < 1.29 is 4.79 Å². The summed E-state index contributed by atoms with van der Waals surface area (Å²) in [5.74, 6) is 0.935. The Hall–Kier alpha value is -1.81. The van der Waals surface area contributed by atoms with Crippen molar-refractivity contribution in [2.75, 3.05) is 13.1 Å². The zero-order chi connectivity index (χ0) is 18.0. The zero-order valence-electron chi connectivity index (χ0n) is 15.3. The Morgan fingerprint density at radius 3 is 2.56 bits per heavy atom. The monoisotopic (exact) mass is 359 g/mol. The van der Waals surface area contributed by atoms with Crippen LogP contribution in [0.4, 0.5) is 0 Å². The Morgan fingerprint density at radius 2 is 1.96 bits per heavy atom. The molecule has 0 atom stereocenters. The molecule has 25 heavy (non-hydrogen) atoms. The normalized spacial score (nSPS) is 13.9. The number of aromatic nitrogens is 2. The fourth-order valence-electron chi connectivity index (χ4n) is 3.23. The maximum absolute atomic E-state index is 12.8. The Bertz CT molecular complexity index is 747. The second-order valence-electron chi connectivity index (χ2n) is 7.00. The molecule has 2 aromatic rings. The molecule has 0 unspecified atom stereocenters. The number of rotatable bonds is 7. The number of carbonyl (C=O) groups is 1. The van der Waals surface area contributed by atoms with Crippen LogP contribution in [0.3, 0.4) is 0 Å². The first kappa shape index (κ1) is 18.0. The summed E-state index contributed by atoms with van der Waals surface area (Å²) in [5, 5.41) is 5.35. The van der Waals surface area contributed by atoms with Gasteiger partial charge < -0.3 is 4.90 Å². The van der Waals surface area contributed by atoms with Crippen molar-refractivity contribution in [2.24, 2.45) is 5.92 Å². The van der Waals surface area contributed by atoms with Gasteiger partial charge >= 0.3 is 0 Å². The Balaban J connectivity index is 1.79. The van der Waals surface area contributed by atoms with Gasteiger partial charge in [-0.1, -0.05) is 18.5 Å². The van der Waals surface area contributed by atoms with E-state index in [-0.39, 0.29) is 5.91 Å². The number of hydrogen-bond acceptors (Lipinski definition) is 2. The molecule has 0 aliphatic heterocycles. The van der Waals surface area contributed by atoms with Crippen LogP contribution in [0.2, 0.25) is 5.02 Å². The summed E-state index contributed by atoms with van der Waals surface area (Å²) in [4.78, 5) is 14.9. The van der Waals surface area contributed by atoms with Crippen molar-refractivity contribution in [3.05, 3.63) is 46.2 Å². The molecule has 0 saturated heterocycles. The summed E-state index contributed by atoms with van der Waals surface area (Å²) in [6.07, 6.45) is 3.96. The number of amides is 1. The van der Waals surface area contributed by atoms with E-state index in [1.54, 1.807) is 0 Å². The summed E-state index contributed by atoms with van der Waals surface area (Å²) in [6.45, 7) is 7.90. The van der Waals surface area contributed by atoms with Crippen LogP contribution in [0.25, 0.3) is 5.69 Å². The molecule has 1 aromatic carbocycles. The van der Waals surface area contributed by atoms with E-state index in [1.807, 2.05) is 47.7 Å². The maximum atomic E-state index is 12.8. The van der Waals surface area contributed by atoms with Gasteiger partial charge in [-0.05, 0) is 63.3 Å². The van der Waals surface area contributed by atoms with Gasteiger partial charge in [0.05, 0.1) is 17.8 Å². The first-order valence-electron chi connectivity index (χ1n) is 9.08. The summed E-state index contributed by atoms with van der Waals surface area (Å²) in [6, 6.07) is 7.61. The molecule has 0 spiro atoms. The molecule has 134 valence electrons. The van der Waals surface area contributed by atoms with Crippen LogP contribution in [0.1, 0.15) is 43.1 Å². The molecule has 1 aliphatic rings. The van der Waals surface area contributed by atoms with E-state index in [2.05, 4.69) is 12.0 Å². The second-order valence-corrected chi connectivity index (χ2v) is 7.43. The molecule has 1 amide bonds. The van der Waals surface area contributed by atoms with Crippen molar-refractivity contribution in [3.63, 3.8) is 0 Å². The lowest BCUT2D eigenvalue weighted by molar-refractivity contribution is -0.130. The van der Waals surface area contributed by atoms with Crippen LogP contribution in [-0.4, -0.2) is 33.7 Å². The zero-order valence-corrected chi connectivity index (χ0v) is 16.0. The number of halogens is 1. The van der Waals surface area contributed by atoms with Gasteiger partial charge in [0.1, 0.15) is 0 Å². The van der Waals surface area contributed by atoms with Crippen molar-refractivity contribution in [3.8, 4) is 5.69 Å². The highest BCUT2D eigenvalue weighted by molar-refractivity contribution is 6.30. The third-order valence-electron chi connectivity index (χ3n) is 4.86. The van der Waals surface area contributed by atoms with E-state index in [0.29, 0.717) is 11.4 Å². The average Bonchev–Trinajstić information content (AvgIpc) is 3.36. The minimum absolute atomic E-state index is 0.218. The second kappa shape index (κ2) is 7.61. The standard InChI is InChI=1S/C20H26ClN3O/c1-4-11-23(13-16-5-6-16)20(25)12-19-14(2)22-24(15(19)3)18-9-7-17(21)8-10-18/h7-10,16H,4-6,11-13H2,1-3H3.